The van der Waals surface area contributed by atoms with Crippen molar-refractivity contribution in [2.24, 2.45) is 0 Å². The molecule has 0 saturated carbocycles. The Morgan fingerprint density at radius 3 is 2.60 bits per heavy atom. The van der Waals surface area contributed by atoms with Gasteiger partial charge >= 0.3 is 7.69 Å². The summed E-state index contributed by atoms with van der Waals surface area (Å²) in [5, 5.41) is 8.44. The number of aromatic nitrogens is 2. The minimum atomic E-state index is -0.384. The number of hydrogen-bond donors (Lipinski definition) is 1. The molecule has 0 fully saturated rings. The van der Waals surface area contributed by atoms with Gasteiger partial charge < -0.3 is 9.68 Å². The largest absolute Gasteiger partial charge is 0.537 e. The molecular formula is C4H4BClN2O2. The molecule has 0 aromatic carbocycles. The van der Waals surface area contributed by atoms with Gasteiger partial charge in [0, 0.05) is 0 Å². The maximum atomic E-state index is 8.28. The Balaban J connectivity index is 2.69. The monoisotopic (exact) mass is 158 g/mol. The molecule has 0 aliphatic heterocycles. The summed E-state index contributed by atoms with van der Waals surface area (Å²) < 4.78 is 4.63. The zero-order valence-corrected chi connectivity index (χ0v) is 5.75. The van der Waals surface area contributed by atoms with E-state index in [1.54, 1.807) is 0 Å². The third-order valence-corrected chi connectivity index (χ3v) is 1.02. The van der Waals surface area contributed by atoms with E-state index < -0.39 is 0 Å². The zero-order valence-electron chi connectivity index (χ0n) is 4.99. The molecule has 1 heterocycles. The second-order valence-corrected chi connectivity index (χ2v) is 1.80. The van der Waals surface area contributed by atoms with E-state index in [9.17, 15) is 0 Å². The second kappa shape index (κ2) is 3.38. The molecule has 0 unspecified atom stereocenters. The molecule has 0 spiro atoms. The maximum Gasteiger partial charge on any atom is 0.504 e. The Bertz CT molecular complexity index is 205. The van der Waals surface area contributed by atoms with Gasteiger partial charge in [-0.3, -0.25) is 0 Å². The van der Waals surface area contributed by atoms with Gasteiger partial charge in [0.05, 0.1) is 12.4 Å². The molecule has 52 valence electrons. The van der Waals surface area contributed by atoms with Crippen molar-refractivity contribution < 1.29 is 9.68 Å². The van der Waals surface area contributed by atoms with Crippen LogP contribution >= 0.6 is 11.6 Å². The summed E-state index contributed by atoms with van der Waals surface area (Å²) in [5.41, 5.74) is 0. The predicted octanol–water partition coefficient (Wildman–Crippen LogP) is -0.232. The first kappa shape index (κ1) is 7.30. The lowest BCUT2D eigenvalue weighted by atomic mass is 10.4. The summed E-state index contributed by atoms with van der Waals surface area (Å²) in [4.78, 5) is 7.23. The number of hydrogen-bond acceptors (Lipinski definition) is 4. The lowest BCUT2D eigenvalue weighted by Crippen LogP contribution is -2.00. The van der Waals surface area contributed by atoms with Crippen LogP contribution in [0.25, 0.3) is 0 Å². The Morgan fingerprint density at radius 2 is 2.10 bits per heavy atom. The van der Waals surface area contributed by atoms with Crippen LogP contribution in [0.5, 0.6) is 5.75 Å². The fourth-order valence-corrected chi connectivity index (χ4v) is 0.547. The van der Waals surface area contributed by atoms with Crippen molar-refractivity contribution in [1.29, 1.82) is 0 Å². The quantitative estimate of drug-likeness (QED) is 0.477. The Kier molecular flexibility index (Phi) is 2.47. The Hall–Kier alpha value is -0.805. The standard InChI is InChI=1S/C4H4BClN2O2/c6-4-7-1-3(2-8-4)10-5-9/h1-2,5,9H. The van der Waals surface area contributed by atoms with Crippen LogP contribution < -0.4 is 4.65 Å². The predicted molar refractivity (Wildman–Crippen MR) is 37.0 cm³/mol. The molecule has 6 heteroatoms. The molecule has 0 saturated heterocycles. The summed E-state index contributed by atoms with van der Waals surface area (Å²) in [6.07, 6.45) is 2.76. The lowest BCUT2D eigenvalue weighted by Gasteiger charge is -1.97. The zero-order chi connectivity index (χ0) is 7.40. The highest BCUT2D eigenvalue weighted by Gasteiger charge is 1.93. The fraction of sp³-hybridized carbons (Fsp3) is 0. The number of rotatable bonds is 2. The van der Waals surface area contributed by atoms with Gasteiger partial charge in [-0.05, 0) is 11.6 Å². The van der Waals surface area contributed by atoms with Crippen molar-refractivity contribution in [3.8, 4) is 5.75 Å². The van der Waals surface area contributed by atoms with Crippen LogP contribution in [-0.4, -0.2) is 22.7 Å². The van der Waals surface area contributed by atoms with Gasteiger partial charge in [0.2, 0.25) is 5.28 Å². The number of halogens is 1. The molecule has 1 aromatic heterocycles. The van der Waals surface area contributed by atoms with Crippen molar-refractivity contribution in [3.63, 3.8) is 0 Å². The minimum Gasteiger partial charge on any atom is -0.537 e. The maximum absolute atomic E-state index is 8.28. The van der Waals surface area contributed by atoms with Crippen LogP contribution in [0.3, 0.4) is 0 Å². The molecule has 1 aromatic rings. The summed E-state index contributed by atoms with van der Waals surface area (Å²) in [7, 11) is -0.384. The SMILES string of the molecule is OBOc1cnc(Cl)nc1. The van der Waals surface area contributed by atoms with Crippen LogP contribution in [-0.2, 0) is 0 Å². The summed E-state index contributed by atoms with van der Waals surface area (Å²) in [6.45, 7) is 0. The molecular weight excluding hydrogens is 154 g/mol. The molecule has 0 aliphatic carbocycles. The van der Waals surface area contributed by atoms with Crippen molar-refractivity contribution >= 4 is 19.3 Å². The molecule has 0 bridgehead atoms. The van der Waals surface area contributed by atoms with Crippen molar-refractivity contribution in [1.82, 2.24) is 9.97 Å². The van der Waals surface area contributed by atoms with Gasteiger partial charge in [0.15, 0.2) is 0 Å². The highest BCUT2D eigenvalue weighted by atomic mass is 35.5. The van der Waals surface area contributed by atoms with E-state index in [1.165, 1.54) is 12.4 Å². The van der Waals surface area contributed by atoms with Crippen molar-refractivity contribution in [3.05, 3.63) is 17.7 Å². The molecule has 1 N–H and O–H groups in total. The smallest absolute Gasteiger partial charge is 0.504 e. The topological polar surface area (TPSA) is 55.2 Å². The molecule has 0 radical (unpaired) electrons. The van der Waals surface area contributed by atoms with Crippen molar-refractivity contribution in [2.45, 2.75) is 0 Å². The van der Waals surface area contributed by atoms with Crippen LogP contribution in [0, 0.1) is 0 Å². The van der Waals surface area contributed by atoms with E-state index in [0.717, 1.165) is 0 Å². The first-order valence-corrected chi connectivity index (χ1v) is 2.92. The van der Waals surface area contributed by atoms with Gasteiger partial charge in [-0.25, -0.2) is 9.97 Å². The highest BCUT2D eigenvalue weighted by molar-refractivity contribution is 6.28. The summed E-state index contributed by atoms with van der Waals surface area (Å²) in [5.74, 6) is 0.395. The Labute approximate surface area is 63.1 Å². The normalized spacial score (nSPS) is 9.00. The molecule has 1 rings (SSSR count). The highest BCUT2D eigenvalue weighted by Crippen LogP contribution is 2.06. The van der Waals surface area contributed by atoms with Crippen LogP contribution in [0.2, 0.25) is 5.28 Å². The van der Waals surface area contributed by atoms with E-state index >= 15 is 0 Å². The summed E-state index contributed by atoms with van der Waals surface area (Å²) in [6, 6.07) is 0. The minimum absolute atomic E-state index is 0.158. The average Bonchev–Trinajstić information content (AvgIpc) is 1.95. The van der Waals surface area contributed by atoms with E-state index in [-0.39, 0.29) is 13.0 Å². The first-order valence-electron chi connectivity index (χ1n) is 2.54. The third-order valence-electron chi connectivity index (χ3n) is 0.828. The summed E-state index contributed by atoms with van der Waals surface area (Å²) >= 11 is 5.37. The van der Waals surface area contributed by atoms with Crippen LogP contribution in [0.4, 0.5) is 0 Å². The lowest BCUT2D eigenvalue weighted by molar-refractivity contribution is 0.451. The molecule has 0 atom stereocenters. The second-order valence-electron chi connectivity index (χ2n) is 1.46. The molecule has 10 heavy (non-hydrogen) atoms. The Morgan fingerprint density at radius 1 is 1.50 bits per heavy atom. The van der Waals surface area contributed by atoms with Crippen molar-refractivity contribution in [2.75, 3.05) is 0 Å². The van der Waals surface area contributed by atoms with Gasteiger partial charge in [-0.1, -0.05) is 0 Å². The van der Waals surface area contributed by atoms with E-state index in [2.05, 4.69) is 14.6 Å². The molecule has 0 aliphatic rings. The van der Waals surface area contributed by atoms with Gasteiger partial charge in [0.1, 0.15) is 5.75 Å². The van der Waals surface area contributed by atoms with Crippen LogP contribution in [0.15, 0.2) is 12.4 Å². The van der Waals surface area contributed by atoms with Gasteiger partial charge in [-0.2, -0.15) is 0 Å². The van der Waals surface area contributed by atoms with Gasteiger partial charge in [-0.15, -0.1) is 0 Å². The van der Waals surface area contributed by atoms with E-state index in [1.807, 2.05) is 0 Å². The van der Waals surface area contributed by atoms with Crippen LogP contribution in [0.1, 0.15) is 0 Å². The fourth-order valence-electron chi connectivity index (χ4n) is 0.450. The van der Waals surface area contributed by atoms with E-state index in [0.29, 0.717) is 5.75 Å². The average molecular weight is 158 g/mol. The first-order chi connectivity index (χ1) is 4.83. The third kappa shape index (κ3) is 1.86. The molecule has 4 nitrogen and oxygen atoms in total. The molecule has 0 amide bonds. The number of nitrogens with zero attached hydrogens (tertiary/aromatic N) is 2. The van der Waals surface area contributed by atoms with Gasteiger partial charge in [0.25, 0.3) is 0 Å². The van der Waals surface area contributed by atoms with E-state index in [4.69, 9.17) is 16.6 Å².